The number of benzene rings is 3. The molecule has 6 nitrogen and oxygen atoms in total. The van der Waals surface area contributed by atoms with E-state index in [1.165, 1.54) is 30.4 Å². The van der Waals surface area contributed by atoms with Gasteiger partial charge >= 0.3 is 27.3 Å². The Hall–Kier alpha value is -2.43. The topological polar surface area (TPSA) is 95.5 Å². The summed E-state index contributed by atoms with van der Waals surface area (Å²) in [5.41, 5.74) is 3.07. The summed E-state index contributed by atoms with van der Waals surface area (Å²) in [7, 11) is -4.27. The van der Waals surface area contributed by atoms with Crippen molar-refractivity contribution in [3.05, 3.63) is 96.6 Å². The molecule has 0 fully saturated rings. The SMILES string of the molecule is Cc1ccc(S(=O)(=O)[O-])cc1.Cc1ccc([I+]c2ccccc2CCNC(=O)OC(C)(C)C)cc1. The smallest absolute Gasteiger partial charge is 0.407 e. The minimum Gasteiger partial charge on any atom is -0.744 e. The first-order chi connectivity index (χ1) is 16.3. The second-order valence-corrected chi connectivity index (χ2v) is 13.3. The van der Waals surface area contributed by atoms with Crippen LogP contribution in [0.5, 0.6) is 0 Å². The van der Waals surface area contributed by atoms with Gasteiger partial charge in [0.25, 0.3) is 0 Å². The van der Waals surface area contributed by atoms with Crippen LogP contribution in [-0.4, -0.2) is 31.2 Å². The van der Waals surface area contributed by atoms with Crippen molar-refractivity contribution in [2.24, 2.45) is 0 Å². The monoisotopic (exact) mass is 609 g/mol. The molecule has 0 aliphatic carbocycles. The summed E-state index contributed by atoms with van der Waals surface area (Å²) in [6.45, 7) is 10.1. The molecule has 0 bridgehead atoms. The molecule has 3 aromatic carbocycles. The number of amides is 1. The number of hydrogen-bond donors (Lipinski definition) is 1. The van der Waals surface area contributed by atoms with E-state index < -0.39 is 15.7 Å². The highest BCUT2D eigenvalue weighted by Crippen LogP contribution is 2.08. The Labute approximate surface area is 219 Å². The van der Waals surface area contributed by atoms with Crippen molar-refractivity contribution in [2.45, 2.75) is 51.5 Å². The van der Waals surface area contributed by atoms with Crippen molar-refractivity contribution in [3.8, 4) is 0 Å². The Balaban J connectivity index is 0.000000328. The molecular formula is C27H32INO5S. The Morgan fingerprint density at radius 3 is 2.00 bits per heavy atom. The molecule has 3 rings (SSSR count). The first kappa shape index (κ1) is 28.8. The van der Waals surface area contributed by atoms with Crippen LogP contribution >= 0.6 is 0 Å². The number of carbonyl (C=O) groups excluding carboxylic acids is 1. The lowest BCUT2D eigenvalue weighted by atomic mass is 10.1. The van der Waals surface area contributed by atoms with E-state index in [4.69, 9.17) is 4.74 Å². The molecule has 0 aliphatic rings. The highest BCUT2D eigenvalue weighted by atomic mass is 127. The van der Waals surface area contributed by atoms with Crippen LogP contribution in [0.2, 0.25) is 0 Å². The summed E-state index contributed by atoms with van der Waals surface area (Å²) in [6, 6.07) is 23.1. The van der Waals surface area contributed by atoms with Crippen molar-refractivity contribution in [1.29, 1.82) is 0 Å². The molecule has 0 saturated carbocycles. The Bertz CT molecular complexity index is 1200. The number of halogens is 1. The molecule has 0 spiro atoms. The van der Waals surface area contributed by atoms with Crippen LogP contribution in [0.1, 0.15) is 37.5 Å². The molecular weight excluding hydrogens is 577 g/mol. The molecule has 0 unspecified atom stereocenters. The summed E-state index contributed by atoms with van der Waals surface area (Å²) < 4.78 is 39.3. The van der Waals surface area contributed by atoms with Gasteiger partial charge in [0.15, 0.2) is 7.14 Å². The van der Waals surface area contributed by atoms with Gasteiger partial charge in [-0.3, -0.25) is 0 Å². The van der Waals surface area contributed by atoms with E-state index in [0.29, 0.717) is 6.54 Å². The molecule has 3 aromatic rings. The number of alkyl carbamates (subject to hydrolysis) is 1. The Morgan fingerprint density at radius 2 is 1.46 bits per heavy atom. The molecule has 0 aromatic heterocycles. The average molecular weight is 610 g/mol. The van der Waals surface area contributed by atoms with Crippen LogP contribution in [0.25, 0.3) is 0 Å². The van der Waals surface area contributed by atoms with Gasteiger partial charge in [-0.2, -0.15) is 0 Å². The molecule has 188 valence electrons. The van der Waals surface area contributed by atoms with E-state index in [-0.39, 0.29) is 32.2 Å². The van der Waals surface area contributed by atoms with Crippen LogP contribution in [0.4, 0.5) is 4.79 Å². The minimum atomic E-state index is -4.27. The maximum Gasteiger partial charge on any atom is 0.407 e. The van der Waals surface area contributed by atoms with E-state index in [2.05, 4.69) is 60.8 Å². The lowest BCUT2D eigenvalue weighted by Gasteiger charge is -2.19. The minimum absolute atomic E-state index is 0.178. The average Bonchev–Trinajstić information content (AvgIpc) is 2.75. The maximum atomic E-state index is 11.7. The first-order valence-corrected chi connectivity index (χ1v) is 14.7. The van der Waals surface area contributed by atoms with Crippen LogP contribution in [0, 0.1) is 21.0 Å². The van der Waals surface area contributed by atoms with E-state index in [0.717, 1.165) is 12.0 Å². The normalized spacial score (nSPS) is 11.3. The fourth-order valence-electron chi connectivity index (χ4n) is 2.83. The second kappa shape index (κ2) is 13.0. The highest BCUT2D eigenvalue weighted by molar-refractivity contribution is 7.85. The zero-order valence-electron chi connectivity index (χ0n) is 20.7. The summed E-state index contributed by atoms with van der Waals surface area (Å²) >= 11 is -0.206. The van der Waals surface area contributed by atoms with Gasteiger partial charge in [-0.25, -0.2) is 13.2 Å². The van der Waals surface area contributed by atoms with Gasteiger partial charge < -0.3 is 14.6 Å². The van der Waals surface area contributed by atoms with E-state index >= 15 is 0 Å². The third-order valence-corrected chi connectivity index (χ3v) is 8.38. The van der Waals surface area contributed by atoms with Gasteiger partial charge in [0.2, 0.25) is 0 Å². The zero-order chi connectivity index (χ0) is 26.1. The first-order valence-electron chi connectivity index (χ1n) is 11.1. The van der Waals surface area contributed by atoms with Crippen LogP contribution in [-0.2, 0) is 21.3 Å². The van der Waals surface area contributed by atoms with Crippen molar-refractivity contribution in [3.63, 3.8) is 0 Å². The van der Waals surface area contributed by atoms with Gasteiger partial charge in [-0.1, -0.05) is 53.6 Å². The molecule has 0 atom stereocenters. The molecule has 1 N–H and O–H groups in total. The zero-order valence-corrected chi connectivity index (χ0v) is 23.6. The number of hydrogen-bond acceptors (Lipinski definition) is 5. The lowest BCUT2D eigenvalue weighted by Crippen LogP contribution is -3.61. The summed E-state index contributed by atoms with van der Waals surface area (Å²) in [4.78, 5) is 11.6. The van der Waals surface area contributed by atoms with E-state index in [1.54, 1.807) is 12.1 Å². The van der Waals surface area contributed by atoms with Crippen molar-refractivity contribution in [1.82, 2.24) is 5.32 Å². The van der Waals surface area contributed by atoms with Crippen molar-refractivity contribution in [2.75, 3.05) is 6.54 Å². The maximum absolute atomic E-state index is 11.7. The van der Waals surface area contributed by atoms with Crippen LogP contribution in [0.3, 0.4) is 0 Å². The molecule has 0 saturated heterocycles. The van der Waals surface area contributed by atoms with Crippen LogP contribution in [0.15, 0.2) is 77.7 Å². The van der Waals surface area contributed by atoms with Gasteiger partial charge in [-0.05, 0) is 71.4 Å². The summed E-state index contributed by atoms with van der Waals surface area (Å²) in [5.74, 6) is 0. The van der Waals surface area contributed by atoms with Gasteiger partial charge in [0.05, 0.1) is 4.90 Å². The van der Waals surface area contributed by atoms with Gasteiger partial charge in [-0.15, -0.1) is 0 Å². The summed E-state index contributed by atoms with van der Waals surface area (Å²) in [5, 5.41) is 2.84. The fraction of sp³-hybridized carbons (Fsp3) is 0.296. The number of ether oxygens (including phenoxy) is 1. The highest BCUT2D eigenvalue weighted by Gasteiger charge is 2.20. The standard InChI is InChI=1S/C20H24INO2.C7H8O3S/c1-15-9-11-17(12-10-15)21-18-8-6-5-7-16(18)13-14-22-19(23)24-20(2,3)4;1-6-2-4-7(5-3-6)11(8,9)10/h5-12H,13-14H2,1-4H3;2-5H,1H3,(H,8,9,10). The predicted molar refractivity (Wildman–Crippen MR) is 132 cm³/mol. The largest absolute Gasteiger partial charge is 0.744 e. The molecule has 0 radical (unpaired) electrons. The van der Waals surface area contributed by atoms with Crippen molar-refractivity contribution >= 4 is 16.2 Å². The van der Waals surface area contributed by atoms with Crippen LogP contribution < -0.4 is 26.5 Å². The quantitative estimate of drug-likeness (QED) is 0.341. The van der Waals surface area contributed by atoms with Crippen molar-refractivity contribution < 1.29 is 43.7 Å². The lowest BCUT2D eigenvalue weighted by molar-refractivity contribution is -0.598. The number of carbonyl (C=O) groups is 1. The molecule has 0 heterocycles. The van der Waals surface area contributed by atoms with Gasteiger partial charge in [0, 0.05) is 12.1 Å². The second-order valence-electron chi connectivity index (χ2n) is 8.93. The molecule has 8 heteroatoms. The van der Waals surface area contributed by atoms with E-state index in [1.807, 2.05) is 27.7 Å². The van der Waals surface area contributed by atoms with E-state index in [9.17, 15) is 17.8 Å². The Kier molecular flexibility index (Phi) is 10.7. The Morgan fingerprint density at radius 1 is 0.914 bits per heavy atom. The third kappa shape index (κ3) is 11.2. The predicted octanol–water partition coefficient (Wildman–Crippen LogP) is 2.09. The fourth-order valence-corrected chi connectivity index (χ4v) is 5.87. The molecule has 35 heavy (non-hydrogen) atoms. The third-order valence-electron chi connectivity index (χ3n) is 4.55. The number of rotatable bonds is 6. The number of nitrogens with one attached hydrogen (secondary N) is 1. The molecule has 0 aliphatic heterocycles. The van der Waals surface area contributed by atoms with Gasteiger partial charge in [0.1, 0.15) is 15.7 Å². The number of aryl methyl sites for hydroxylation is 2. The molecule has 1 amide bonds. The summed E-state index contributed by atoms with van der Waals surface area (Å²) in [6.07, 6.45) is 0.467.